The largest absolute Gasteiger partial charge is 0.338 e. The zero-order valence-corrected chi connectivity index (χ0v) is 15.4. The molecule has 0 N–H and O–H groups in total. The highest BCUT2D eigenvalue weighted by atomic mass is 35.5. The molecular formula is C21H19Cl2NO. The molecule has 1 aliphatic carbocycles. The van der Waals surface area contributed by atoms with E-state index in [9.17, 15) is 4.79 Å². The fraction of sp³-hybridized carbons (Fsp3) is 0.286. The molecule has 0 bridgehead atoms. The van der Waals surface area contributed by atoms with Crippen LogP contribution in [0, 0.1) is 0 Å². The Balaban J connectivity index is 1.40. The standard InChI is InChI=1S/C21H19Cl2NO/c22-17-5-1-14(2-6-17)3-8-21(25)24-10-9-19-16(13-24)11-15-4-7-18(23)12-20(15)19/h1-2,4-7,12H,3,8-11,13H2. The zero-order chi connectivity index (χ0) is 17.4. The van der Waals surface area contributed by atoms with Gasteiger partial charge in [-0.1, -0.05) is 41.4 Å². The summed E-state index contributed by atoms with van der Waals surface area (Å²) in [6, 6.07) is 13.9. The average Bonchev–Trinajstić information content (AvgIpc) is 2.98. The van der Waals surface area contributed by atoms with E-state index in [1.165, 1.54) is 22.3 Å². The molecule has 2 aromatic rings. The molecular weight excluding hydrogens is 353 g/mol. The number of carbonyl (C=O) groups is 1. The third kappa shape index (κ3) is 3.47. The summed E-state index contributed by atoms with van der Waals surface area (Å²) in [5.74, 6) is 0.232. The number of carbonyl (C=O) groups excluding carboxylic acids is 1. The Kier molecular flexibility index (Phi) is 4.58. The Morgan fingerprint density at radius 2 is 1.80 bits per heavy atom. The number of hydrogen-bond acceptors (Lipinski definition) is 1. The van der Waals surface area contributed by atoms with Crippen molar-refractivity contribution in [1.82, 2.24) is 4.90 Å². The van der Waals surface area contributed by atoms with E-state index in [1.54, 1.807) is 0 Å². The number of amides is 1. The first-order valence-corrected chi connectivity index (χ1v) is 9.37. The first kappa shape index (κ1) is 16.7. The van der Waals surface area contributed by atoms with E-state index in [1.807, 2.05) is 35.2 Å². The zero-order valence-electron chi connectivity index (χ0n) is 13.9. The van der Waals surface area contributed by atoms with Crippen LogP contribution in [-0.4, -0.2) is 23.9 Å². The average molecular weight is 372 g/mol. The van der Waals surface area contributed by atoms with Gasteiger partial charge in [0.25, 0.3) is 0 Å². The lowest BCUT2D eigenvalue weighted by molar-refractivity contribution is -0.130. The number of halogens is 2. The maximum absolute atomic E-state index is 12.6. The Morgan fingerprint density at radius 1 is 1.04 bits per heavy atom. The van der Waals surface area contributed by atoms with Crippen LogP contribution in [-0.2, 0) is 17.6 Å². The summed E-state index contributed by atoms with van der Waals surface area (Å²) in [5, 5.41) is 1.51. The third-order valence-electron chi connectivity index (χ3n) is 5.13. The van der Waals surface area contributed by atoms with Crippen molar-refractivity contribution < 1.29 is 4.79 Å². The van der Waals surface area contributed by atoms with Crippen LogP contribution in [0.4, 0.5) is 0 Å². The van der Waals surface area contributed by atoms with Crippen molar-refractivity contribution >= 4 is 34.7 Å². The highest BCUT2D eigenvalue weighted by molar-refractivity contribution is 6.31. The molecule has 0 saturated carbocycles. The van der Waals surface area contributed by atoms with Crippen LogP contribution >= 0.6 is 23.2 Å². The monoisotopic (exact) mass is 371 g/mol. The number of hydrogen-bond donors (Lipinski definition) is 0. The Bertz CT molecular complexity index is 855. The van der Waals surface area contributed by atoms with Gasteiger partial charge in [-0.15, -0.1) is 0 Å². The molecule has 0 saturated heterocycles. The first-order valence-electron chi connectivity index (χ1n) is 8.62. The van der Waals surface area contributed by atoms with Gasteiger partial charge in [0, 0.05) is 29.6 Å². The maximum atomic E-state index is 12.6. The molecule has 0 atom stereocenters. The van der Waals surface area contributed by atoms with Crippen LogP contribution in [0.5, 0.6) is 0 Å². The number of rotatable bonds is 3. The lowest BCUT2D eigenvalue weighted by atomic mass is 9.98. The molecule has 0 radical (unpaired) electrons. The van der Waals surface area contributed by atoms with Crippen molar-refractivity contribution in [3.63, 3.8) is 0 Å². The van der Waals surface area contributed by atoms with Crippen molar-refractivity contribution in [1.29, 1.82) is 0 Å². The summed E-state index contributed by atoms with van der Waals surface area (Å²) in [6.07, 6.45) is 3.18. The minimum absolute atomic E-state index is 0.232. The van der Waals surface area contributed by atoms with Crippen molar-refractivity contribution in [2.75, 3.05) is 13.1 Å². The van der Waals surface area contributed by atoms with Crippen LogP contribution < -0.4 is 0 Å². The smallest absolute Gasteiger partial charge is 0.223 e. The molecule has 4 rings (SSSR count). The third-order valence-corrected chi connectivity index (χ3v) is 5.62. The molecule has 128 valence electrons. The van der Waals surface area contributed by atoms with Gasteiger partial charge in [0.1, 0.15) is 0 Å². The van der Waals surface area contributed by atoms with Gasteiger partial charge < -0.3 is 4.90 Å². The highest BCUT2D eigenvalue weighted by Crippen LogP contribution is 2.39. The SMILES string of the molecule is O=C(CCc1ccc(Cl)cc1)N1CCC2=C(Cc3ccc(Cl)cc32)C1. The van der Waals surface area contributed by atoms with E-state index in [-0.39, 0.29) is 5.91 Å². The van der Waals surface area contributed by atoms with E-state index in [0.29, 0.717) is 6.42 Å². The Morgan fingerprint density at radius 3 is 2.60 bits per heavy atom. The second-order valence-corrected chi connectivity index (χ2v) is 7.62. The van der Waals surface area contributed by atoms with E-state index < -0.39 is 0 Å². The highest BCUT2D eigenvalue weighted by Gasteiger charge is 2.28. The molecule has 0 fully saturated rings. The summed E-state index contributed by atoms with van der Waals surface area (Å²) >= 11 is 12.1. The predicted octanol–water partition coefficient (Wildman–Crippen LogP) is 5.17. The summed E-state index contributed by atoms with van der Waals surface area (Å²) in [7, 11) is 0. The fourth-order valence-electron chi connectivity index (χ4n) is 3.80. The topological polar surface area (TPSA) is 20.3 Å². The quantitative estimate of drug-likeness (QED) is 0.728. The normalized spacial score (nSPS) is 16.0. The van der Waals surface area contributed by atoms with Crippen LogP contribution in [0.2, 0.25) is 10.0 Å². The maximum Gasteiger partial charge on any atom is 0.223 e. The number of nitrogens with zero attached hydrogens (tertiary/aromatic N) is 1. The molecule has 2 nitrogen and oxygen atoms in total. The van der Waals surface area contributed by atoms with Crippen molar-refractivity contribution in [3.8, 4) is 0 Å². The molecule has 1 amide bonds. The molecule has 25 heavy (non-hydrogen) atoms. The molecule has 2 aliphatic rings. The second kappa shape index (κ2) is 6.86. The molecule has 0 unspecified atom stereocenters. The van der Waals surface area contributed by atoms with Gasteiger partial charge in [-0.25, -0.2) is 0 Å². The van der Waals surface area contributed by atoms with Crippen LogP contribution in [0.25, 0.3) is 5.57 Å². The number of aryl methyl sites for hydroxylation is 1. The van der Waals surface area contributed by atoms with Crippen LogP contribution in [0.1, 0.15) is 29.5 Å². The van der Waals surface area contributed by atoms with Crippen LogP contribution in [0.3, 0.4) is 0 Å². The molecule has 0 spiro atoms. The van der Waals surface area contributed by atoms with Gasteiger partial charge in [0.05, 0.1) is 0 Å². The van der Waals surface area contributed by atoms with E-state index in [0.717, 1.165) is 48.0 Å². The Hall–Kier alpha value is -1.77. The van der Waals surface area contributed by atoms with Gasteiger partial charge in [0.15, 0.2) is 0 Å². The summed E-state index contributed by atoms with van der Waals surface area (Å²) < 4.78 is 0. The van der Waals surface area contributed by atoms with Gasteiger partial charge in [0.2, 0.25) is 5.91 Å². The lowest BCUT2D eigenvalue weighted by Gasteiger charge is -2.29. The first-order chi connectivity index (χ1) is 12.1. The van der Waals surface area contributed by atoms with E-state index in [2.05, 4.69) is 12.1 Å². The van der Waals surface area contributed by atoms with Gasteiger partial charge in [-0.2, -0.15) is 0 Å². The number of fused-ring (bicyclic) bond motifs is 2. The summed E-state index contributed by atoms with van der Waals surface area (Å²) in [6.45, 7) is 1.55. The molecule has 4 heteroatoms. The van der Waals surface area contributed by atoms with Gasteiger partial charge >= 0.3 is 0 Å². The Labute approximate surface area is 158 Å². The van der Waals surface area contributed by atoms with Gasteiger partial charge in [-0.3, -0.25) is 4.79 Å². The fourth-order valence-corrected chi connectivity index (χ4v) is 4.10. The summed E-state index contributed by atoms with van der Waals surface area (Å²) in [5.41, 5.74) is 6.56. The molecule has 1 aliphatic heterocycles. The minimum Gasteiger partial charge on any atom is -0.338 e. The lowest BCUT2D eigenvalue weighted by Crippen LogP contribution is -2.36. The van der Waals surface area contributed by atoms with E-state index >= 15 is 0 Å². The molecule has 2 aromatic carbocycles. The minimum atomic E-state index is 0.232. The van der Waals surface area contributed by atoms with Crippen molar-refractivity contribution in [2.45, 2.75) is 25.7 Å². The van der Waals surface area contributed by atoms with Crippen molar-refractivity contribution in [2.24, 2.45) is 0 Å². The number of benzene rings is 2. The predicted molar refractivity (Wildman–Crippen MR) is 103 cm³/mol. The molecule has 0 aromatic heterocycles. The van der Waals surface area contributed by atoms with E-state index in [4.69, 9.17) is 23.2 Å². The second-order valence-electron chi connectivity index (χ2n) is 6.75. The molecule has 1 heterocycles. The van der Waals surface area contributed by atoms with Gasteiger partial charge in [-0.05, 0) is 71.4 Å². The summed E-state index contributed by atoms with van der Waals surface area (Å²) in [4.78, 5) is 14.6. The van der Waals surface area contributed by atoms with Crippen LogP contribution in [0.15, 0.2) is 48.0 Å². The van der Waals surface area contributed by atoms with Crippen molar-refractivity contribution in [3.05, 3.63) is 74.8 Å².